The molecule has 1 aromatic carbocycles. The highest BCUT2D eigenvalue weighted by Gasteiger charge is 2.10. The van der Waals surface area contributed by atoms with Crippen molar-refractivity contribution < 1.29 is 4.73 Å². The Morgan fingerprint density at radius 3 is 2.35 bits per heavy atom. The molecule has 0 aliphatic heterocycles. The number of nitrogens with zero attached hydrogens (tertiary/aromatic N) is 1. The standard InChI is InChI=1S/C12H16N4O/c1-13-8-6-10(14-2)9-4-5-12(15-3)16(17)11(9)7-8/h4-7,13-15H,1-3H3. The Kier molecular flexibility index (Phi) is 2.91. The van der Waals surface area contributed by atoms with Crippen molar-refractivity contribution >= 4 is 28.1 Å². The predicted molar refractivity (Wildman–Crippen MR) is 71.5 cm³/mol. The first-order chi connectivity index (χ1) is 8.21. The van der Waals surface area contributed by atoms with Crippen molar-refractivity contribution in [3.63, 3.8) is 0 Å². The zero-order chi connectivity index (χ0) is 12.4. The predicted octanol–water partition coefficient (Wildman–Crippen LogP) is 1.60. The molecule has 1 aromatic heterocycles. The molecule has 90 valence electrons. The van der Waals surface area contributed by atoms with Gasteiger partial charge in [0.2, 0.25) is 0 Å². The van der Waals surface area contributed by atoms with Gasteiger partial charge in [-0.15, -0.1) is 0 Å². The number of anilines is 3. The van der Waals surface area contributed by atoms with E-state index in [1.807, 2.05) is 32.3 Å². The number of benzene rings is 1. The molecule has 0 atom stereocenters. The van der Waals surface area contributed by atoms with Gasteiger partial charge in [-0.3, -0.25) is 5.32 Å². The highest BCUT2D eigenvalue weighted by atomic mass is 16.5. The summed E-state index contributed by atoms with van der Waals surface area (Å²) in [7, 11) is 5.41. The first-order valence-electron chi connectivity index (χ1n) is 5.45. The molecule has 5 heteroatoms. The Labute approximate surface area is 100 Å². The Balaban J connectivity index is 2.80. The molecule has 0 fully saturated rings. The molecule has 1 heterocycles. The van der Waals surface area contributed by atoms with E-state index < -0.39 is 0 Å². The largest absolute Gasteiger partial charge is 0.710 e. The summed E-state index contributed by atoms with van der Waals surface area (Å²) >= 11 is 0. The van der Waals surface area contributed by atoms with Crippen LogP contribution in [-0.2, 0) is 0 Å². The number of pyridine rings is 1. The lowest BCUT2D eigenvalue weighted by atomic mass is 10.1. The van der Waals surface area contributed by atoms with E-state index in [1.54, 1.807) is 13.1 Å². The smallest absolute Gasteiger partial charge is 0.277 e. The van der Waals surface area contributed by atoms with Gasteiger partial charge < -0.3 is 15.8 Å². The third-order valence-electron chi connectivity index (χ3n) is 2.82. The maximum Gasteiger partial charge on any atom is 0.277 e. The molecular weight excluding hydrogens is 216 g/mol. The molecule has 2 aromatic rings. The van der Waals surface area contributed by atoms with Crippen LogP contribution in [0, 0.1) is 5.21 Å². The van der Waals surface area contributed by atoms with Gasteiger partial charge >= 0.3 is 0 Å². The van der Waals surface area contributed by atoms with E-state index >= 15 is 0 Å². The third-order valence-corrected chi connectivity index (χ3v) is 2.82. The zero-order valence-corrected chi connectivity index (χ0v) is 10.2. The second-order valence-corrected chi connectivity index (χ2v) is 3.72. The highest BCUT2D eigenvalue weighted by Crippen LogP contribution is 2.26. The lowest BCUT2D eigenvalue weighted by molar-refractivity contribution is -0.561. The lowest BCUT2D eigenvalue weighted by Crippen LogP contribution is -2.31. The summed E-state index contributed by atoms with van der Waals surface area (Å²) < 4.78 is 0.900. The van der Waals surface area contributed by atoms with E-state index in [9.17, 15) is 5.21 Å². The second kappa shape index (κ2) is 4.37. The number of hydrogen-bond donors (Lipinski definition) is 3. The summed E-state index contributed by atoms with van der Waals surface area (Å²) in [5.74, 6) is 0.535. The monoisotopic (exact) mass is 232 g/mol. The molecule has 0 saturated heterocycles. The van der Waals surface area contributed by atoms with Crippen LogP contribution < -0.4 is 20.7 Å². The van der Waals surface area contributed by atoms with E-state index in [1.165, 1.54) is 0 Å². The quantitative estimate of drug-likeness (QED) is 0.555. The molecule has 0 spiro atoms. The summed E-state index contributed by atoms with van der Waals surface area (Å²) in [6.45, 7) is 0. The van der Waals surface area contributed by atoms with Gasteiger partial charge in [-0.25, -0.2) is 4.73 Å². The van der Waals surface area contributed by atoms with Crippen LogP contribution >= 0.6 is 0 Å². The van der Waals surface area contributed by atoms with Gasteiger partial charge in [-0.1, -0.05) is 0 Å². The van der Waals surface area contributed by atoms with Crippen molar-refractivity contribution in [2.45, 2.75) is 0 Å². The van der Waals surface area contributed by atoms with Gasteiger partial charge in [0.25, 0.3) is 5.82 Å². The van der Waals surface area contributed by atoms with Gasteiger partial charge in [-0.2, -0.15) is 0 Å². The van der Waals surface area contributed by atoms with Gasteiger partial charge in [-0.05, 0) is 12.1 Å². The van der Waals surface area contributed by atoms with E-state index in [0.717, 1.165) is 21.5 Å². The summed E-state index contributed by atoms with van der Waals surface area (Å²) in [6, 6.07) is 7.52. The summed E-state index contributed by atoms with van der Waals surface area (Å²) in [6.07, 6.45) is 0. The van der Waals surface area contributed by atoms with E-state index in [4.69, 9.17) is 0 Å². The summed E-state index contributed by atoms with van der Waals surface area (Å²) in [5, 5.41) is 22.0. The Bertz CT molecular complexity index is 554. The number of rotatable bonds is 3. The number of hydrogen-bond acceptors (Lipinski definition) is 4. The molecule has 0 saturated carbocycles. The van der Waals surface area contributed by atoms with Crippen molar-refractivity contribution in [1.82, 2.24) is 0 Å². The fraction of sp³-hybridized carbons (Fsp3) is 0.250. The molecule has 0 amide bonds. The average molecular weight is 232 g/mol. The molecule has 3 N–H and O–H groups in total. The first kappa shape index (κ1) is 11.3. The Morgan fingerprint density at radius 2 is 1.76 bits per heavy atom. The molecule has 0 unspecified atom stereocenters. The van der Waals surface area contributed by atoms with E-state index in [2.05, 4.69) is 16.0 Å². The van der Waals surface area contributed by atoms with Gasteiger partial charge in [0.15, 0.2) is 0 Å². The SMILES string of the molecule is CNc1cc(NC)c2ccc(NC)[n+]([O-])c2c1. The third kappa shape index (κ3) is 1.80. The topological polar surface area (TPSA) is 63.0 Å². The average Bonchev–Trinajstić information content (AvgIpc) is 2.38. The zero-order valence-electron chi connectivity index (χ0n) is 10.2. The fourth-order valence-electron chi connectivity index (χ4n) is 1.88. The summed E-state index contributed by atoms with van der Waals surface area (Å²) in [5.41, 5.74) is 2.46. The normalized spacial score (nSPS) is 10.3. The first-order valence-corrected chi connectivity index (χ1v) is 5.45. The van der Waals surface area contributed by atoms with Crippen LogP contribution in [0.3, 0.4) is 0 Å². The van der Waals surface area contributed by atoms with Gasteiger partial charge in [0.05, 0.1) is 7.05 Å². The van der Waals surface area contributed by atoms with Crippen LogP contribution in [0.4, 0.5) is 17.2 Å². The molecule has 0 radical (unpaired) electrons. The molecule has 0 aliphatic carbocycles. The van der Waals surface area contributed by atoms with Crippen LogP contribution in [0.15, 0.2) is 24.3 Å². The maximum absolute atomic E-state index is 12.1. The molecule has 5 nitrogen and oxygen atoms in total. The Hall–Kier alpha value is -2.17. The summed E-state index contributed by atoms with van der Waals surface area (Å²) in [4.78, 5) is 0. The minimum absolute atomic E-state index is 0.535. The van der Waals surface area contributed by atoms with Crippen molar-refractivity contribution in [3.8, 4) is 0 Å². The van der Waals surface area contributed by atoms with Crippen molar-refractivity contribution in [2.24, 2.45) is 0 Å². The minimum atomic E-state index is 0.535. The van der Waals surface area contributed by atoms with Crippen LogP contribution in [0.25, 0.3) is 10.9 Å². The highest BCUT2D eigenvalue weighted by molar-refractivity contribution is 5.93. The van der Waals surface area contributed by atoms with Gasteiger partial charge in [0, 0.05) is 43.0 Å². The second-order valence-electron chi connectivity index (χ2n) is 3.72. The molecule has 17 heavy (non-hydrogen) atoms. The minimum Gasteiger partial charge on any atom is -0.710 e. The Morgan fingerprint density at radius 1 is 1.00 bits per heavy atom. The van der Waals surface area contributed by atoms with E-state index in [0.29, 0.717) is 11.3 Å². The number of fused-ring (bicyclic) bond motifs is 1. The molecule has 2 rings (SSSR count). The van der Waals surface area contributed by atoms with Crippen LogP contribution in [0.1, 0.15) is 0 Å². The van der Waals surface area contributed by atoms with Crippen molar-refractivity contribution in [1.29, 1.82) is 0 Å². The van der Waals surface area contributed by atoms with Crippen molar-refractivity contribution in [3.05, 3.63) is 29.5 Å². The molecular formula is C12H16N4O. The van der Waals surface area contributed by atoms with Crippen LogP contribution in [-0.4, -0.2) is 21.1 Å². The molecule has 0 bridgehead atoms. The van der Waals surface area contributed by atoms with Gasteiger partial charge in [0.1, 0.15) is 5.52 Å². The lowest BCUT2D eigenvalue weighted by Gasteiger charge is -2.14. The maximum atomic E-state index is 12.1. The number of nitrogens with one attached hydrogen (secondary N) is 3. The van der Waals surface area contributed by atoms with Crippen LogP contribution in [0.2, 0.25) is 0 Å². The van der Waals surface area contributed by atoms with E-state index in [-0.39, 0.29) is 0 Å². The molecule has 0 aliphatic rings. The fourth-order valence-corrected chi connectivity index (χ4v) is 1.88. The van der Waals surface area contributed by atoms with Crippen molar-refractivity contribution in [2.75, 3.05) is 37.1 Å². The van der Waals surface area contributed by atoms with Crippen LogP contribution in [0.5, 0.6) is 0 Å². The number of aromatic nitrogens is 1.